The van der Waals surface area contributed by atoms with Gasteiger partial charge in [0, 0.05) is 5.92 Å². The third-order valence-corrected chi connectivity index (χ3v) is 10.2. The molecule has 20 heteroatoms. The second-order valence-electron chi connectivity index (χ2n) is 13.7. The molecule has 0 aromatic carbocycles. The number of aliphatic hydroxyl groups excluding tert-OH is 10. The van der Waals surface area contributed by atoms with Crippen molar-refractivity contribution in [3.05, 3.63) is 0 Å². The molecule has 50 heavy (non-hydrogen) atoms. The van der Waals surface area contributed by atoms with Crippen molar-refractivity contribution >= 4 is 17.9 Å². The largest absolute Gasteiger partial charge is 0.481 e. The molecule has 9 unspecified atom stereocenters. The van der Waals surface area contributed by atoms with Gasteiger partial charge >= 0.3 is 17.9 Å². The topological polar surface area (TPSA) is 329 Å². The van der Waals surface area contributed by atoms with Crippen molar-refractivity contribution in [2.75, 3.05) is 6.61 Å². The zero-order valence-electron chi connectivity index (χ0n) is 26.7. The van der Waals surface area contributed by atoms with Crippen LogP contribution in [0.4, 0.5) is 0 Å². The zero-order valence-corrected chi connectivity index (χ0v) is 26.7. The third-order valence-electron chi connectivity index (χ3n) is 10.2. The van der Waals surface area contributed by atoms with Crippen LogP contribution in [-0.2, 0) is 42.8 Å². The van der Waals surface area contributed by atoms with Crippen molar-refractivity contribution < 1.29 is 99.0 Å². The number of rotatable bonds is 9. The Labute approximate surface area is 284 Å². The highest BCUT2D eigenvalue weighted by molar-refractivity contribution is 5.90. The fourth-order valence-electron chi connectivity index (χ4n) is 7.48. The van der Waals surface area contributed by atoms with Gasteiger partial charge in [0.2, 0.25) is 0 Å². The summed E-state index contributed by atoms with van der Waals surface area (Å²) in [5.74, 6) is -5.19. The Morgan fingerprint density at radius 3 is 2.10 bits per heavy atom. The Hall–Kier alpha value is -2.15. The minimum atomic E-state index is -2.13. The van der Waals surface area contributed by atoms with Crippen LogP contribution in [0.5, 0.6) is 0 Å². The minimum Gasteiger partial charge on any atom is -0.481 e. The van der Waals surface area contributed by atoms with Gasteiger partial charge in [-0.2, -0.15) is 0 Å². The van der Waals surface area contributed by atoms with Crippen LogP contribution in [0, 0.1) is 11.8 Å². The van der Waals surface area contributed by atoms with Gasteiger partial charge in [0.1, 0.15) is 49.7 Å². The van der Waals surface area contributed by atoms with Gasteiger partial charge in [-0.15, -0.1) is 0 Å². The first kappa shape index (κ1) is 39.1. The molecule has 3 saturated heterocycles. The monoisotopic (exact) mass is 726 g/mol. The molecule has 0 aromatic heterocycles. The van der Waals surface area contributed by atoms with E-state index in [9.17, 15) is 65.4 Å². The SMILES string of the molecule is O=C(O)CC(=O)OC[C@H]1O[C@@H](OC2CC3C(O)CC(O)CC3OC2C2CCC(O)C(O)C2)[C@H](O)[C@@H](O)[C@@H]1OC(=O)[C@@H]1O[C@H](O)[C@@H](O)[C@H](O)[C@H]1O. The fraction of sp³-hybridized carbons (Fsp3) is 0.900. The lowest BCUT2D eigenvalue weighted by atomic mass is 9.72. The van der Waals surface area contributed by atoms with Gasteiger partial charge in [-0.25, -0.2) is 4.79 Å². The Bertz CT molecular complexity index is 1190. The molecule has 2 aliphatic carbocycles. The van der Waals surface area contributed by atoms with Crippen molar-refractivity contribution in [3.63, 3.8) is 0 Å². The summed E-state index contributed by atoms with van der Waals surface area (Å²) in [5, 5.41) is 113. The molecule has 0 radical (unpaired) electrons. The van der Waals surface area contributed by atoms with Crippen LogP contribution in [0.15, 0.2) is 0 Å². The number of fused-ring (bicyclic) bond motifs is 1. The van der Waals surface area contributed by atoms with Crippen molar-refractivity contribution in [1.29, 1.82) is 0 Å². The van der Waals surface area contributed by atoms with Crippen LogP contribution in [0.25, 0.3) is 0 Å². The predicted molar refractivity (Wildman–Crippen MR) is 155 cm³/mol. The molecule has 0 bridgehead atoms. The quantitative estimate of drug-likeness (QED) is 0.0779. The minimum absolute atomic E-state index is 0.0702. The number of carbonyl (C=O) groups excluding carboxylic acids is 2. The molecular weight excluding hydrogens is 680 g/mol. The van der Waals surface area contributed by atoms with Crippen LogP contribution in [-0.4, -0.2) is 185 Å². The van der Waals surface area contributed by atoms with Gasteiger partial charge < -0.3 is 84.6 Å². The summed E-state index contributed by atoms with van der Waals surface area (Å²) >= 11 is 0. The number of hydrogen-bond acceptors (Lipinski definition) is 19. The van der Waals surface area contributed by atoms with E-state index in [1.54, 1.807) is 0 Å². The second kappa shape index (κ2) is 16.3. The molecule has 0 spiro atoms. The highest BCUT2D eigenvalue weighted by Gasteiger charge is 2.54. The first-order valence-corrected chi connectivity index (χ1v) is 16.6. The summed E-state index contributed by atoms with van der Waals surface area (Å²) in [6, 6.07) is 0. The lowest BCUT2D eigenvalue weighted by molar-refractivity contribution is -0.336. The molecule has 0 aromatic rings. The zero-order chi connectivity index (χ0) is 36.6. The highest BCUT2D eigenvalue weighted by Crippen LogP contribution is 2.43. The maximum absolute atomic E-state index is 13.0. The molecule has 5 fully saturated rings. The molecule has 20 nitrogen and oxygen atoms in total. The first-order valence-electron chi connectivity index (χ1n) is 16.6. The third kappa shape index (κ3) is 8.55. The smallest absolute Gasteiger partial charge is 0.338 e. The van der Waals surface area contributed by atoms with E-state index in [0.29, 0.717) is 6.42 Å². The summed E-state index contributed by atoms with van der Waals surface area (Å²) in [5.41, 5.74) is 0. The molecule has 5 aliphatic rings. The first-order chi connectivity index (χ1) is 23.5. The Morgan fingerprint density at radius 1 is 0.700 bits per heavy atom. The molecule has 3 heterocycles. The van der Waals surface area contributed by atoms with E-state index in [-0.39, 0.29) is 32.1 Å². The van der Waals surface area contributed by atoms with Crippen LogP contribution < -0.4 is 0 Å². The summed E-state index contributed by atoms with van der Waals surface area (Å²) in [6.45, 7) is -0.857. The van der Waals surface area contributed by atoms with E-state index < -0.39 is 147 Å². The number of aliphatic carboxylic acids is 1. The Balaban J connectivity index is 1.36. The van der Waals surface area contributed by atoms with Gasteiger partial charge in [-0.3, -0.25) is 9.59 Å². The standard InChI is InChI=1S/C30H46O20/c31-10-4-13(33)11-6-16(25(46-15(11)5-10)9-1-2-12(32)14(34)3-9)47-30-24(42)22(40)26(17(48-30)8-45-19(37)7-18(35)36)49-29(44)27-21(39)20(38)23(41)28(43)50-27/h9-17,20-28,30-34,38-43H,1-8H2,(H,35,36)/t9?,10?,11?,12?,13?,14?,15?,16?,17-,20-,21-,22-,23+,24-,25?,26-,27-,28+,30-/m1/s1. The van der Waals surface area contributed by atoms with Crippen molar-refractivity contribution in [3.8, 4) is 0 Å². The molecular formula is C30H46O20. The average molecular weight is 727 g/mol. The summed E-state index contributed by atoms with van der Waals surface area (Å²) in [7, 11) is 0. The highest BCUT2D eigenvalue weighted by atomic mass is 16.7. The maximum atomic E-state index is 13.0. The van der Waals surface area contributed by atoms with Crippen LogP contribution in [0.3, 0.4) is 0 Å². The molecule has 5 rings (SSSR count). The van der Waals surface area contributed by atoms with E-state index in [2.05, 4.69) is 0 Å². The lowest BCUT2D eigenvalue weighted by Crippen LogP contribution is -2.64. The van der Waals surface area contributed by atoms with Gasteiger partial charge in [-0.05, 0) is 44.4 Å². The number of hydrogen-bond donors (Lipinski definition) is 11. The maximum Gasteiger partial charge on any atom is 0.338 e. The number of carboxylic acid groups (broad SMARTS) is 1. The normalized spacial score (nSPS) is 48.2. The average Bonchev–Trinajstić information content (AvgIpc) is 3.05. The molecule has 3 aliphatic heterocycles. The number of esters is 2. The van der Waals surface area contributed by atoms with Gasteiger partial charge in [0.25, 0.3) is 0 Å². The molecule has 11 N–H and O–H groups in total. The van der Waals surface area contributed by atoms with Gasteiger partial charge in [0.15, 0.2) is 24.8 Å². The Morgan fingerprint density at radius 2 is 1.42 bits per heavy atom. The summed E-state index contributed by atoms with van der Waals surface area (Å²) < 4.78 is 33.5. The number of carboxylic acids is 1. The Kier molecular flexibility index (Phi) is 12.7. The molecule has 0 amide bonds. The van der Waals surface area contributed by atoms with E-state index >= 15 is 0 Å². The number of ether oxygens (including phenoxy) is 6. The van der Waals surface area contributed by atoms with E-state index in [1.165, 1.54) is 0 Å². The van der Waals surface area contributed by atoms with E-state index in [1.807, 2.05) is 0 Å². The summed E-state index contributed by atoms with van der Waals surface area (Å²) in [4.78, 5) is 36.1. The van der Waals surface area contributed by atoms with E-state index in [4.69, 9.17) is 33.5 Å². The second-order valence-corrected chi connectivity index (χ2v) is 13.7. The van der Waals surface area contributed by atoms with Crippen molar-refractivity contribution in [1.82, 2.24) is 0 Å². The molecule has 2 saturated carbocycles. The van der Waals surface area contributed by atoms with Crippen LogP contribution in [0.1, 0.15) is 44.9 Å². The lowest BCUT2D eigenvalue weighted by Gasteiger charge is -2.51. The van der Waals surface area contributed by atoms with Gasteiger partial charge in [-0.1, -0.05) is 0 Å². The van der Waals surface area contributed by atoms with Crippen molar-refractivity contribution in [2.24, 2.45) is 11.8 Å². The van der Waals surface area contributed by atoms with Gasteiger partial charge in [0.05, 0.1) is 42.7 Å². The number of aliphatic hydroxyl groups is 10. The van der Waals surface area contributed by atoms with E-state index in [0.717, 1.165) is 0 Å². The van der Waals surface area contributed by atoms with Crippen LogP contribution >= 0.6 is 0 Å². The fourth-order valence-corrected chi connectivity index (χ4v) is 7.48. The van der Waals surface area contributed by atoms with Crippen molar-refractivity contribution in [2.45, 2.75) is 149 Å². The molecule has 286 valence electrons. The van der Waals surface area contributed by atoms with Crippen LogP contribution in [0.2, 0.25) is 0 Å². The summed E-state index contributed by atoms with van der Waals surface area (Å²) in [6.07, 6.45) is -25.9. The molecule has 19 atom stereocenters. The predicted octanol–water partition coefficient (Wildman–Crippen LogP) is -5.64. The number of carbonyl (C=O) groups is 3.